The molecule has 0 fully saturated rings. The van der Waals surface area contributed by atoms with E-state index in [2.05, 4.69) is 36.2 Å². The van der Waals surface area contributed by atoms with Gasteiger partial charge in [0.25, 0.3) is 0 Å². The van der Waals surface area contributed by atoms with E-state index in [1.807, 2.05) is 0 Å². The van der Waals surface area contributed by atoms with Gasteiger partial charge in [0.05, 0.1) is 11.3 Å². The number of nitrogens with zero attached hydrogens (tertiary/aromatic N) is 3. The Morgan fingerprint density at radius 2 is 1.48 bits per heavy atom. The second-order valence-corrected chi connectivity index (χ2v) is 18.9. The van der Waals surface area contributed by atoms with Crippen molar-refractivity contribution in [1.82, 2.24) is 36.2 Å². The Balaban J connectivity index is 1.61. The van der Waals surface area contributed by atoms with Gasteiger partial charge in [-0.1, -0.05) is 85.3 Å². The van der Waals surface area contributed by atoms with Crippen LogP contribution in [0.15, 0.2) is 96.5 Å². The average molecular weight is 939 g/mol. The lowest BCUT2D eigenvalue weighted by Crippen LogP contribution is -2.59. The summed E-state index contributed by atoms with van der Waals surface area (Å²) >= 11 is 0. The molecule has 4 rings (SSSR count). The van der Waals surface area contributed by atoms with Crippen molar-refractivity contribution < 1.29 is 48.2 Å². The third-order valence-electron chi connectivity index (χ3n) is 9.19. The van der Waals surface area contributed by atoms with Crippen LogP contribution in [0.25, 0.3) is 0 Å². The van der Waals surface area contributed by atoms with Crippen molar-refractivity contribution in [2.45, 2.75) is 95.3 Å². The zero-order chi connectivity index (χ0) is 46.8. The molecule has 0 saturated carbocycles. The SMILES string of the molecule is CCC(C)C(NC(=O)[C@H](Cc1cnc[nH]1)NC(=O)[C@H](Cc1ccccc1)NC(=O)[C@H](CSSc1ncccc1[N+](=O)[O-])NC(=O)OC(C)(C)C)O/[P+]([O-])=C(\Cc1ccccc1)C(=O)O. The van der Waals surface area contributed by atoms with Crippen LogP contribution in [-0.4, -0.2) is 95.8 Å². The number of aromatic nitrogens is 3. The number of aromatic amines is 1. The molecule has 6 N–H and O–H groups in total. The lowest BCUT2D eigenvalue weighted by molar-refractivity contribution is -0.388. The molecule has 0 aliphatic rings. The van der Waals surface area contributed by atoms with Gasteiger partial charge < -0.3 is 41.0 Å². The molecular weight excluding hydrogens is 888 g/mol. The number of carbonyl (C=O) groups excluding carboxylic acids is 4. The van der Waals surface area contributed by atoms with E-state index in [1.165, 1.54) is 30.9 Å². The summed E-state index contributed by atoms with van der Waals surface area (Å²) in [5, 5.41) is 31.9. The van der Waals surface area contributed by atoms with Crippen molar-refractivity contribution in [3.05, 3.63) is 118 Å². The number of ether oxygens (including phenoxy) is 1. The first-order valence-electron chi connectivity index (χ1n) is 20.0. The van der Waals surface area contributed by atoms with Crippen LogP contribution in [0.5, 0.6) is 0 Å². The molecule has 3 unspecified atom stereocenters. The lowest BCUT2D eigenvalue weighted by Gasteiger charge is -2.27. The monoisotopic (exact) mass is 938 g/mol. The van der Waals surface area contributed by atoms with E-state index >= 15 is 0 Å². The van der Waals surface area contributed by atoms with Gasteiger partial charge in [0, 0.05) is 55.1 Å². The first-order chi connectivity index (χ1) is 30.4. The number of carbonyl (C=O) groups is 5. The van der Waals surface area contributed by atoms with Crippen molar-refractivity contribution in [2.24, 2.45) is 5.92 Å². The minimum absolute atomic E-state index is 0.0632. The number of carboxylic acids is 1. The lowest BCUT2D eigenvalue weighted by atomic mass is 10.0. The zero-order valence-electron chi connectivity index (χ0n) is 35.7. The number of H-pyrrole nitrogens is 1. The number of aliphatic carboxylic acids is 1. The summed E-state index contributed by atoms with van der Waals surface area (Å²) in [7, 11) is -1.04. The molecule has 2 aromatic heterocycles. The fourth-order valence-corrected chi connectivity index (χ4v) is 8.98. The highest BCUT2D eigenvalue weighted by molar-refractivity contribution is 8.76. The van der Waals surface area contributed by atoms with E-state index in [0.717, 1.165) is 21.6 Å². The van der Waals surface area contributed by atoms with Crippen LogP contribution in [0.4, 0.5) is 10.5 Å². The number of benzene rings is 2. The Hall–Kier alpha value is -5.86. The van der Waals surface area contributed by atoms with Gasteiger partial charge in [0.15, 0.2) is 11.3 Å². The summed E-state index contributed by atoms with van der Waals surface area (Å²) in [6.07, 6.45) is 2.10. The van der Waals surface area contributed by atoms with Gasteiger partial charge in [-0.25, -0.2) is 19.6 Å². The fraction of sp³-hybridized carbons (Fsp3) is 0.381. The van der Waals surface area contributed by atoms with Gasteiger partial charge in [-0.15, -0.1) is 0 Å². The second kappa shape index (κ2) is 24.8. The molecule has 2 heterocycles. The summed E-state index contributed by atoms with van der Waals surface area (Å²) in [6.45, 7) is 8.43. The second-order valence-electron chi connectivity index (χ2n) is 15.3. The van der Waals surface area contributed by atoms with Crippen molar-refractivity contribution in [3.63, 3.8) is 0 Å². The maximum atomic E-state index is 14.4. The summed E-state index contributed by atoms with van der Waals surface area (Å²) in [4.78, 5) is 103. The van der Waals surface area contributed by atoms with Gasteiger partial charge in [-0.2, -0.15) is 4.52 Å². The van der Waals surface area contributed by atoms with Crippen LogP contribution < -0.4 is 26.2 Å². The molecule has 0 spiro atoms. The summed E-state index contributed by atoms with van der Waals surface area (Å²) in [5.74, 6) is -4.43. The van der Waals surface area contributed by atoms with Gasteiger partial charge in [-0.3, -0.25) is 24.5 Å². The number of nitrogens with one attached hydrogen (secondary N) is 5. The van der Waals surface area contributed by atoms with Gasteiger partial charge >= 0.3 is 17.7 Å². The maximum absolute atomic E-state index is 14.4. The largest absolute Gasteiger partial charge is 0.602 e. The third kappa shape index (κ3) is 16.7. The normalized spacial score (nSPS) is 14.1. The molecular formula is C42H51N8O11PS2. The van der Waals surface area contributed by atoms with Gasteiger partial charge in [0.1, 0.15) is 23.7 Å². The molecule has 64 heavy (non-hydrogen) atoms. The van der Waals surface area contributed by atoms with E-state index in [0.29, 0.717) is 23.2 Å². The number of amides is 4. The maximum Gasteiger partial charge on any atom is 0.408 e. The molecule has 0 saturated heterocycles. The molecule has 0 radical (unpaired) electrons. The van der Waals surface area contributed by atoms with E-state index in [-0.39, 0.29) is 35.7 Å². The molecule has 0 aliphatic heterocycles. The molecule has 22 heteroatoms. The number of nitro groups is 1. The Morgan fingerprint density at radius 3 is 2.06 bits per heavy atom. The Morgan fingerprint density at radius 1 is 0.875 bits per heavy atom. The standard InChI is InChI=1S/C42H51N8O11PS2/c1-6-26(2)38(61-62(59)34(40(54)55)21-28-16-11-8-12-17-28)49-36(52)31(22-29-23-43-25-45-29)47-35(51)30(20-27-14-9-7-10-15-27)46-37(53)32(48-41(56)60-42(3,4)5)24-63-64-39-33(50(57)58)18-13-19-44-39/h7-19,23,25-26,30-32,38H,6,20-22,24H2,1-5H3,(H,43,45)(H,46,53)(H,47,51)(H,48,56)(H,49,52)(H,54,55)/t26?,30-,31-,32-,38?/m0/s1. The number of hydrogen-bond donors (Lipinski definition) is 6. The quantitative estimate of drug-likeness (QED) is 0.0197. The summed E-state index contributed by atoms with van der Waals surface area (Å²) in [5.41, 5.74) is 0.489. The molecule has 4 amide bonds. The van der Waals surface area contributed by atoms with E-state index in [1.54, 1.807) is 95.3 Å². The average Bonchev–Trinajstić information content (AvgIpc) is 3.77. The number of hydrogen-bond acceptors (Lipinski definition) is 14. The van der Waals surface area contributed by atoms with Crippen LogP contribution >= 0.6 is 29.6 Å². The van der Waals surface area contributed by atoms with Crippen molar-refractivity contribution >= 4 is 70.4 Å². The number of pyridine rings is 1. The van der Waals surface area contributed by atoms with Crippen molar-refractivity contribution in [2.75, 3.05) is 5.75 Å². The molecule has 4 aromatic rings. The molecule has 0 bridgehead atoms. The van der Waals surface area contributed by atoms with Crippen molar-refractivity contribution in [1.29, 1.82) is 0 Å². The van der Waals surface area contributed by atoms with Gasteiger partial charge in [-0.05, 0) is 55.2 Å². The molecule has 6 atom stereocenters. The minimum atomic E-state index is -2.96. The molecule has 0 aliphatic carbocycles. The zero-order valence-corrected chi connectivity index (χ0v) is 38.2. The highest BCUT2D eigenvalue weighted by Gasteiger charge is 2.34. The predicted molar refractivity (Wildman–Crippen MR) is 241 cm³/mol. The smallest absolute Gasteiger partial charge is 0.408 e. The third-order valence-corrected chi connectivity index (χ3v) is 12.7. The number of rotatable bonds is 23. The minimum Gasteiger partial charge on any atom is -0.602 e. The van der Waals surface area contributed by atoms with Crippen LogP contribution in [0, 0.1) is 16.0 Å². The Bertz CT molecular complexity index is 2230. The predicted octanol–water partition coefficient (Wildman–Crippen LogP) is 4.48. The Labute approximate surface area is 378 Å². The Kier molecular flexibility index (Phi) is 19.7. The van der Waals surface area contributed by atoms with E-state index in [4.69, 9.17) is 9.26 Å². The van der Waals surface area contributed by atoms with Crippen LogP contribution in [-0.2, 0) is 47.7 Å². The van der Waals surface area contributed by atoms with E-state index < -0.39 is 83.9 Å². The molecule has 2 aromatic carbocycles. The first kappa shape index (κ1) is 50.8. The molecule has 19 nitrogen and oxygen atoms in total. The van der Waals surface area contributed by atoms with E-state index in [9.17, 15) is 44.1 Å². The van der Waals surface area contributed by atoms with Crippen LogP contribution in [0.2, 0.25) is 0 Å². The summed E-state index contributed by atoms with van der Waals surface area (Å²) < 4.78 is 11.2. The fourth-order valence-electron chi connectivity index (χ4n) is 5.71. The van der Waals surface area contributed by atoms with Gasteiger partial charge in [0.2, 0.25) is 31.0 Å². The van der Waals surface area contributed by atoms with Crippen LogP contribution in [0.1, 0.15) is 57.9 Å². The summed E-state index contributed by atoms with van der Waals surface area (Å²) in [6, 6.07) is 16.0. The molecule has 342 valence electrons. The number of carboxylic acid groups (broad SMARTS) is 1. The number of imidazole rings is 1. The highest BCUT2D eigenvalue weighted by atomic mass is 33.1. The van der Waals surface area contributed by atoms with Crippen LogP contribution in [0.3, 0.4) is 0 Å². The first-order valence-corrected chi connectivity index (χ1v) is 23.5. The highest BCUT2D eigenvalue weighted by Crippen LogP contribution is 2.35. The number of alkyl carbamates (subject to hydrolysis) is 1. The topological polar surface area (TPSA) is 280 Å². The van der Waals surface area contributed by atoms with Crippen molar-refractivity contribution in [3.8, 4) is 0 Å².